The van der Waals surface area contributed by atoms with Gasteiger partial charge in [-0.15, -0.1) is 4.80 Å². The van der Waals surface area contributed by atoms with Gasteiger partial charge in [-0.3, -0.25) is 4.98 Å². The second-order valence-electron chi connectivity index (χ2n) is 8.43. The van der Waals surface area contributed by atoms with Crippen LogP contribution in [0.1, 0.15) is 5.69 Å². The summed E-state index contributed by atoms with van der Waals surface area (Å²) >= 11 is 6.38. The first-order chi connectivity index (χ1) is 18.1. The Morgan fingerprint density at radius 1 is 1.16 bits per heavy atom. The molecule has 0 radical (unpaired) electrons. The third kappa shape index (κ3) is 5.98. The molecule has 1 aromatic carbocycles. The Kier molecular flexibility index (Phi) is 7.74. The Labute approximate surface area is 221 Å². The molecule has 3 aromatic heterocycles. The van der Waals surface area contributed by atoms with Gasteiger partial charge in [-0.1, -0.05) is 24.2 Å². The molecule has 0 amide bonds. The van der Waals surface area contributed by atoms with Crippen molar-refractivity contribution in [3.63, 3.8) is 0 Å². The van der Waals surface area contributed by atoms with Crippen molar-refractivity contribution in [2.45, 2.75) is 12.7 Å². The highest BCUT2D eigenvalue weighted by atomic mass is 35.5. The molecule has 0 saturated carbocycles. The van der Waals surface area contributed by atoms with Crippen LogP contribution in [0.3, 0.4) is 0 Å². The largest absolute Gasteiger partial charge is 0.431 e. The lowest BCUT2D eigenvalue weighted by atomic mass is 10.1. The topological polar surface area (TPSA) is 108 Å². The van der Waals surface area contributed by atoms with Crippen molar-refractivity contribution in [3.8, 4) is 5.82 Å². The molecule has 0 aliphatic rings. The van der Waals surface area contributed by atoms with Crippen molar-refractivity contribution in [3.05, 3.63) is 89.3 Å². The standard InChI is InChI=1S/C25H23ClF3N9/c1-15(34-16-10-20(26)24(32-12-16)38-33-13-17(36-38)14-37(2)3)19(11-30)23(25(27,28)29)35-22-8-4-7-21-18(22)6-5-9-31-21/h4-13,30,34-35H,1,14H2,2-3H3/b23-19+,30-11?. The number of aromatic nitrogens is 5. The number of halogens is 4. The summed E-state index contributed by atoms with van der Waals surface area (Å²) in [5.41, 5.74) is -0.169. The molecule has 0 fully saturated rings. The highest BCUT2D eigenvalue weighted by molar-refractivity contribution is 6.32. The second-order valence-corrected chi connectivity index (χ2v) is 8.83. The number of nitrogens with one attached hydrogen (secondary N) is 3. The van der Waals surface area contributed by atoms with E-state index >= 15 is 0 Å². The van der Waals surface area contributed by atoms with Crippen molar-refractivity contribution in [2.24, 2.45) is 0 Å². The summed E-state index contributed by atoms with van der Waals surface area (Å²) in [6.45, 7) is 4.29. The van der Waals surface area contributed by atoms with Crippen LogP contribution < -0.4 is 10.6 Å². The summed E-state index contributed by atoms with van der Waals surface area (Å²) in [6, 6.07) is 9.53. The molecule has 38 heavy (non-hydrogen) atoms. The van der Waals surface area contributed by atoms with Crippen LogP contribution in [0.25, 0.3) is 16.7 Å². The molecule has 0 unspecified atom stereocenters. The highest BCUT2D eigenvalue weighted by Crippen LogP contribution is 2.34. The molecule has 0 aliphatic carbocycles. The fourth-order valence-corrected chi connectivity index (χ4v) is 3.87. The second kappa shape index (κ2) is 11.0. The van der Waals surface area contributed by atoms with Gasteiger partial charge in [0.15, 0.2) is 5.82 Å². The van der Waals surface area contributed by atoms with Gasteiger partial charge in [-0.25, -0.2) is 4.98 Å². The van der Waals surface area contributed by atoms with Crippen molar-refractivity contribution in [1.29, 1.82) is 5.41 Å². The quantitative estimate of drug-likeness (QED) is 0.191. The normalized spacial score (nSPS) is 12.4. The Morgan fingerprint density at radius 3 is 2.63 bits per heavy atom. The fraction of sp³-hybridized carbons (Fsp3) is 0.160. The highest BCUT2D eigenvalue weighted by Gasteiger charge is 2.37. The summed E-state index contributed by atoms with van der Waals surface area (Å²) < 4.78 is 42.5. The summed E-state index contributed by atoms with van der Waals surface area (Å²) in [4.78, 5) is 11.6. The Morgan fingerprint density at radius 2 is 1.95 bits per heavy atom. The van der Waals surface area contributed by atoms with Crippen LogP contribution in [0, 0.1) is 5.41 Å². The van der Waals surface area contributed by atoms with Crippen LogP contribution in [0.15, 0.2) is 78.5 Å². The van der Waals surface area contributed by atoms with Crippen LogP contribution in [0.2, 0.25) is 5.02 Å². The van der Waals surface area contributed by atoms with Crippen LogP contribution >= 0.6 is 11.6 Å². The van der Waals surface area contributed by atoms with E-state index in [1.807, 2.05) is 19.0 Å². The maximum atomic E-state index is 14.2. The molecule has 4 aromatic rings. The Balaban J connectivity index is 1.62. The van der Waals surface area contributed by atoms with Crippen molar-refractivity contribution < 1.29 is 13.2 Å². The number of pyridine rings is 2. The van der Waals surface area contributed by atoms with E-state index in [9.17, 15) is 13.2 Å². The minimum Gasteiger partial charge on any atom is -0.354 e. The van der Waals surface area contributed by atoms with Crippen molar-refractivity contribution in [1.82, 2.24) is 29.9 Å². The monoisotopic (exact) mass is 541 g/mol. The molecule has 0 saturated heterocycles. The van der Waals surface area contributed by atoms with Crippen LogP contribution in [0.5, 0.6) is 0 Å². The number of allylic oxidation sites excluding steroid dienone is 2. The lowest BCUT2D eigenvalue weighted by Crippen LogP contribution is -2.24. The fourth-order valence-electron chi connectivity index (χ4n) is 3.63. The number of nitrogens with zero attached hydrogens (tertiary/aromatic N) is 6. The van der Waals surface area contributed by atoms with Gasteiger partial charge >= 0.3 is 6.18 Å². The van der Waals surface area contributed by atoms with Gasteiger partial charge in [-0.05, 0) is 44.4 Å². The Hall–Kier alpha value is -4.29. The third-order valence-corrected chi connectivity index (χ3v) is 5.53. The van der Waals surface area contributed by atoms with Gasteiger partial charge in [0.05, 0.1) is 34.3 Å². The molecule has 0 bridgehead atoms. The van der Waals surface area contributed by atoms with Gasteiger partial charge < -0.3 is 20.9 Å². The van der Waals surface area contributed by atoms with Crippen LogP contribution in [0.4, 0.5) is 24.5 Å². The maximum absolute atomic E-state index is 14.2. The zero-order valence-corrected chi connectivity index (χ0v) is 21.1. The lowest BCUT2D eigenvalue weighted by molar-refractivity contribution is -0.0906. The third-order valence-electron chi connectivity index (χ3n) is 5.25. The predicted molar refractivity (Wildman–Crippen MR) is 142 cm³/mol. The minimum absolute atomic E-state index is 0.160. The predicted octanol–water partition coefficient (Wildman–Crippen LogP) is 5.43. The molecule has 3 N–H and O–H groups in total. The van der Waals surface area contributed by atoms with E-state index in [4.69, 9.17) is 17.0 Å². The number of benzene rings is 1. The summed E-state index contributed by atoms with van der Waals surface area (Å²) in [7, 11) is 3.79. The molecule has 0 aliphatic heterocycles. The van der Waals surface area contributed by atoms with E-state index in [2.05, 4.69) is 37.4 Å². The van der Waals surface area contributed by atoms with E-state index in [1.54, 1.807) is 36.7 Å². The van der Waals surface area contributed by atoms with Gasteiger partial charge in [0.25, 0.3) is 0 Å². The smallest absolute Gasteiger partial charge is 0.354 e. The molecule has 4 rings (SSSR count). The number of alkyl halides is 3. The summed E-state index contributed by atoms with van der Waals surface area (Å²) in [5, 5.41) is 22.1. The van der Waals surface area contributed by atoms with Crippen molar-refractivity contribution in [2.75, 3.05) is 24.7 Å². The van der Waals surface area contributed by atoms with E-state index in [0.29, 0.717) is 29.4 Å². The van der Waals surface area contributed by atoms with Gasteiger partial charge in [0.2, 0.25) is 0 Å². The first kappa shape index (κ1) is 26.8. The Bertz CT molecular complexity index is 1520. The first-order valence-electron chi connectivity index (χ1n) is 11.2. The molecule has 9 nitrogen and oxygen atoms in total. The average Bonchev–Trinajstić information content (AvgIpc) is 3.31. The van der Waals surface area contributed by atoms with E-state index in [0.717, 1.165) is 0 Å². The maximum Gasteiger partial charge on any atom is 0.431 e. The average molecular weight is 542 g/mol. The molecule has 0 atom stereocenters. The van der Waals surface area contributed by atoms with E-state index < -0.39 is 17.4 Å². The zero-order chi connectivity index (χ0) is 27.4. The van der Waals surface area contributed by atoms with Gasteiger partial charge in [0, 0.05) is 41.3 Å². The van der Waals surface area contributed by atoms with Gasteiger partial charge in [-0.2, -0.15) is 23.4 Å². The van der Waals surface area contributed by atoms with Crippen LogP contribution in [-0.4, -0.2) is 56.3 Å². The lowest BCUT2D eigenvalue weighted by Gasteiger charge is -2.20. The number of hydrogen-bond donors (Lipinski definition) is 3. The molecular weight excluding hydrogens is 519 g/mol. The van der Waals surface area contributed by atoms with E-state index in [-0.39, 0.29) is 27.9 Å². The van der Waals surface area contributed by atoms with Gasteiger partial charge in [0.1, 0.15) is 5.70 Å². The summed E-state index contributed by atoms with van der Waals surface area (Å²) in [6.07, 6.45) is 0.261. The number of fused-ring (bicyclic) bond motifs is 1. The number of hydrogen-bond acceptors (Lipinski definition) is 8. The summed E-state index contributed by atoms with van der Waals surface area (Å²) in [5.74, 6) is 0.248. The number of anilines is 2. The van der Waals surface area contributed by atoms with Crippen LogP contribution in [-0.2, 0) is 6.54 Å². The first-order valence-corrected chi connectivity index (χ1v) is 11.6. The minimum atomic E-state index is -4.82. The van der Waals surface area contributed by atoms with E-state index in [1.165, 1.54) is 23.1 Å². The molecule has 13 heteroatoms. The molecule has 196 valence electrons. The zero-order valence-electron chi connectivity index (χ0n) is 20.4. The number of rotatable bonds is 9. The molecular formula is C25H23ClF3N9. The molecule has 0 spiro atoms. The molecule has 3 heterocycles. The van der Waals surface area contributed by atoms with Crippen molar-refractivity contribution >= 4 is 40.1 Å². The SMILES string of the molecule is C=C(Nc1cnc(-n2ncc(CN(C)C)n2)c(Cl)c1)/C(C=N)=C(/Nc1cccc2ncccc12)C(F)(F)F.